The van der Waals surface area contributed by atoms with E-state index in [1.807, 2.05) is 54.6 Å². The average molecular weight is 437 g/mol. The highest BCUT2D eigenvalue weighted by Crippen LogP contribution is 2.38. The van der Waals surface area contributed by atoms with Crippen LogP contribution < -0.4 is 9.47 Å². The van der Waals surface area contributed by atoms with Crippen LogP contribution >= 0.6 is 0 Å². The van der Waals surface area contributed by atoms with Crippen molar-refractivity contribution in [3.05, 3.63) is 103 Å². The Labute approximate surface area is 192 Å². The summed E-state index contributed by atoms with van der Waals surface area (Å²) in [6.07, 6.45) is 1.68. The van der Waals surface area contributed by atoms with Crippen LogP contribution in [-0.2, 0) is 6.54 Å². The normalized spacial score (nSPS) is 10.8. The first-order valence-corrected chi connectivity index (χ1v) is 10.7. The van der Waals surface area contributed by atoms with E-state index in [2.05, 4.69) is 41.0 Å². The largest absolute Gasteiger partial charge is 0.497 e. The summed E-state index contributed by atoms with van der Waals surface area (Å²) in [6, 6.07) is 30.3. The second kappa shape index (κ2) is 9.09. The molecule has 0 atom stereocenters. The molecule has 5 nitrogen and oxygen atoms in total. The zero-order valence-corrected chi connectivity index (χ0v) is 18.6. The van der Waals surface area contributed by atoms with Crippen LogP contribution in [-0.4, -0.2) is 23.8 Å². The van der Waals surface area contributed by atoms with Gasteiger partial charge in [0.2, 0.25) is 0 Å². The third kappa shape index (κ3) is 4.13. The van der Waals surface area contributed by atoms with Crippen LogP contribution in [0.1, 0.15) is 5.56 Å². The molecule has 0 spiro atoms. The molecule has 0 aliphatic heterocycles. The standard InChI is InChI=1S/C28H24N2O3/c1-31-23-14-10-21(11-15-23)26-27(22-12-16-24(32-2)17-13-22)30(19-20-7-4-3-5-8-20)28(29-26)25-9-6-18-33-25/h3-18H,19H2,1-2H3. The van der Waals surface area contributed by atoms with Gasteiger partial charge < -0.3 is 18.5 Å². The van der Waals surface area contributed by atoms with Crippen molar-refractivity contribution in [2.24, 2.45) is 0 Å². The number of aromatic nitrogens is 2. The van der Waals surface area contributed by atoms with Gasteiger partial charge in [-0.3, -0.25) is 0 Å². The van der Waals surface area contributed by atoms with E-state index in [-0.39, 0.29) is 0 Å². The molecule has 2 aromatic heterocycles. The Morgan fingerprint density at radius 2 is 1.36 bits per heavy atom. The van der Waals surface area contributed by atoms with Crippen molar-refractivity contribution in [2.75, 3.05) is 14.2 Å². The molecule has 0 unspecified atom stereocenters. The van der Waals surface area contributed by atoms with Crippen LogP contribution in [0.4, 0.5) is 0 Å². The minimum atomic E-state index is 0.654. The van der Waals surface area contributed by atoms with Crippen LogP contribution in [0, 0.1) is 0 Å². The summed E-state index contributed by atoms with van der Waals surface area (Å²) in [6.45, 7) is 0.654. The Morgan fingerprint density at radius 1 is 0.727 bits per heavy atom. The maximum Gasteiger partial charge on any atom is 0.177 e. The fourth-order valence-corrected chi connectivity index (χ4v) is 3.96. The fraction of sp³-hybridized carbons (Fsp3) is 0.107. The van der Waals surface area contributed by atoms with Gasteiger partial charge in [-0.25, -0.2) is 4.98 Å². The number of rotatable bonds is 7. The molecule has 0 saturated carbocycles. The van der Waals surface area contributed by atoms with E-state index in [0.717, 1.165) is 45.6 Å². The predicted molar refractivity (Wildman–Crippen MR) is 129 cm³/mol. The number of methoxy groups -OCH3 is 2. The van der Waals surface area contributed by atoms with Crippen molar-refractivity contribution < 1.29 is 13.9 Å². The van der Waals surface area contributed by atoms with Gasteiger partial charge in [-0.1, -0.05) is 30.3 Å². The molecular formula is C28H24N2O3. The van der Waals surface area contributed by atoms with E-state index in [1.165, 1.54) is 5.56 Å². The fourth-order valence-electron chi connectivity index (χ4n) is 3.96. The summed E-state index contributed by atoms with van der Waals surface area (Å²) in [7, 11) is 3.34. The van der Waals surface area contributed by atoms with E-state index in [1.54, 1.807) is 20.5 Å². The lowest BCUT2D eigenvalue weighted by Crippen LogP contribution is -2.04. The van der Waals surface area contributed by atoms with Gasteiger partial charge in [-0.2, -0.15) is 0 Å². The Hall–Kier alpha value is -4.25. The molecular weight excluding hydrogens is 412 g/mol. The molecule has 0 bridgehead atoms. The Bertz CT molecular complexity index is 1320. The molecule has 0 aliphatic carbocycles. The van der Waals surface area contributed by atoms with Gasteiger partial charge >= 0.3 is 0 Å². The molecule has 0 radical (unpaired) electrons. The zero-order valence-electron chi connectivity index (χ0n) is 18.6. The lowest BCUT2D eigenvalue weighted by atomic mass is 10.0. The second-order valence-electron chi connectivity index (χ2n) is 7.64. The predicted octanol–water partition coefficient (Wildman–Crippen LogP) is 6.54. The Morgan fingerprint density at radius 3 is 1.94 bits per heavy atom. The van der Waals surface area contributed by atoms with Crippen LogP contribution in [0.2, 0.25) is 0 Å². The van der Waals surface area contributed by atoms with Crippen molar-refractivity contribution >= 4 is 0 Å². The first kappa shape index (κ1) is 20.6. The SMILES string of the molecule is COc1ccc(-c2nc(-c3ccco3)n(Cc3ccccc3)c2-c2ccc(OC)cc2)cc1. The van der Waals surface area contributed by atoms with Gasteiger partial charge in [-0.15, -0.1) is 0 Å². The third-order valence-electron chi connectivity index (χ3n) is 5.62. The van der Waals surface area contributed by atoms with Crippen LogP contribution in [0.5, 0.6) is 11.5 Å². The number of imidazole rings is 1. The van der Waals surface area contributed by atoms with Gasteiger partial charge in [-0.05, 0) is 66.2 Å². The van der Waals surface area contributed by atoms with Crippen molar-refractivity contribution in [1.82, 2.24) is 9.55 Å². The lowest BCUT2D eigenvalue weighted by Gasteiger charge is -2.13. The van der Waals surface area contributed by atoms with Gasteiger partial charge in [0.1, 0.15) is 11.5 Å². The molecule has 5 heteroatoms. The summed E-state index contributed by atoms with van der Waals surface area (Å²) in [5.41, 5.74) is 5.12. The summed E-state index contributed by atoms with van der Waals surface area (Å²) >= 11 is 0. The number of furan rings is 1. The van der Waals surface area contributed by atoms with Gasteiger partial charge in [0, 0.05) is 17.7 Å². The van der Waals surface area contributed by atoms with Crippen molar-refractivity contribution in [1.29, 1.82) is 0 Å². The minimum absolute atomic E-state index is 0.654. The molecule has 0 amide bonds. The molecule has 5 aromatic rings. The summed E-state index contributed by atoms with van der Waals surface area (Å²) in [5.74, 6) is 3.12. The van der Waals surface area contributed by atoms with Crippen molar-refractivity contribution in [2.45, 2.75) is 6.54 Å². The van der Waals surface area contributed by atoms with Crippen molar-refractivity contribution in [3.8, 4) is 45.6 Å². The quantitative estimate of drug-likeness (QED) is 0.291. The lowest BCUT2D eigenvalue weighted by molar-refractivity contribution is 0.414. The van der Waals surface area contributed by atoms with E-state index < -0.39 is 0 Å². The molecule has 164 valence electrons. The van der Waals surface area contributed by atoms with Crippen LogP contribution in [0.25, 0.3) is 34.1 Å². The average Bonchev–Trinajstić information content (AvgIpc) is 3.53. The highest BCUT2D eigenvalue weighted by atomic mass is 16.5. The number of nitrogens with zero attached hydrogens (tertiary/aromatic N) is 2. The molecule has 0 N–H and O–H groups in total. The van der Waals surface area contributed by atoms with Crippen molar-refractivity contribution in [3.63, 3.8) is 0 Å². The van der Waals surface area contributed by atoms with Gasteiger partial charge in [0.15, 0.2) is 11.6 Å². The van der Waals surface area contributed by atoms with E-state index >= 15 is 0 Å². The molecule has 0 fully saturated rings. The van der Waals surface area contributed by atoms with Gasteiger partial charge in [0.25, 0.3) is 0 Å². The highest BCUT2D eigenvalue weighted by molar-refractivity contribution is 5.82. The third-order valence-corrected chi connectivity index (χ3v) is 5.62. The first-order valence-electron chi connectivity index (χ1n) is 10.7. The topological polar surface area (TPSA) is 49.4 Å². The first-order chi connectivity index (χ1) is 16.3. The Balaban J connectivity index is 1.75. The smallest absolute Gasteiger partial charge is 0.177 e. The number of hydrogen-bond donors (Lipinski definition) is 0. The number of benzene rings is 3. The summed E-state index contributed by atoms with van der Waals surface area (Å²) in [4.78, 5) is 5.09. The second-order valence-corrected chi connectivity index (χ2v) is 7.64. The molecule has 0 aliphatic rings. The summed E-state index contributed by atoms with van der Waals surface area (Å²) in [5, 5.41) is 0. The minimum Gasteiger partial charge on any atom is -0.497 e. The maximum atomic E-state index is 5.79. The molecule has 3 aromatic carbocycles. The molecule has 33 heavy (non-hydrogen) atoms. The number of hydrogen-bond acceptors (Lipinski definition) is 4. The Kier molecular flexibility index (Phi) is 5.68. The summed E-state index contributed by atoms with van der Waals surface area (Å²) < 4.78 is 18.7. The van der Waals surface area contributed by atoms with E-state index in [4.69, 9.17) is 18.9 Å². The highest BCUT2D eigenvalue weighted by Gasteiger charge is 2.23. The molecule has 0 saturated heterocycles. The zero-order chi connectivity index (χ0) is 22.6. The monoisotopic (exact) mass is 436 g/mol. The van der Waals surface area contributed by atoms with Crippen LogP contribution in [0.3, 0.4) is 0 Å². The molecule has 5 rings (SSSR count). The number of ether oxygens (including phenoxy) is 2. The maximum absolute atomic E-state index is 5.79. The molecule has 2 heterocycles. The van der Waals surface area contributed by atoms with E-state index in [0.29, 0.717) is 6.54 Å². The van der Waals surface area contributed by atoms with Crippen LogP contribution in [0.15, 0.2) is 102 Å². The van der Waals surface area contributed by atoms with E-state index in [9.17, 15) is 0 Å². The van der Waals surface area contributed by atoms with Gasteiger partial charge in [0.05, 0.1) is 31.9 Å².